The Kier molecular flexibility index (Phi) is 9.27. The molecular formula is C30H26Cl2N2O5S. The van der Waals surface area contributed by atoms with Crippen molar-refractivity contribution >= 4 is 50.6 Å². The van der Waals surface area contributed by atoms with Gasteiger partial charge in [-0.3, -0.25) is 9.59 Å². The molecule has 0 aliphatic carbocycles. The minimum Gasteiger partial charge on any atom is -0.494 e. The van der Waals surface area contributed by atoms with Crippen LogP contribution < -0.4 is 10.1 Å². The Hall–Kier alpha value is -3.69. The van der Waals surface area contributed by atoms with Gasteiger partial charge in [0.15, 0.2) is 5.78 Å². The second kappa shape index (κ2) is 12.7. The van der Waals surface area contributed by atoms with Gasteiger partial charge in [0.2, 0.25) is 10.0 Å². The normalized spacial score (nSPS) is 11.3. The summed E-state index contributed by atoms with van der Waals surface area (Å²) >= 11 is 12.1. The summed E-state index contributed by atoms with van der Waals surface area (Å²) in [4.78, 5) is 26.6. The van der Waals surface area contributed by atoms with Crippen LogP contribution in [0.4, 0.5) is 5.69 Å². The Balaban J connectivity index is 1.62. The SMILES string of the molecule is CCOc1ccc(C(=O)Nc2ccc(Cl)cc2C(=O)c2ccccc2)cc1CN(C)S(=O)(=O)c1ccc(Cl)cc1. The van der Waals surface area contributed by atoms with Gasteiger partial charge in [0, 0.05) is 45.9 Å². The smallest absolute Gasteiger partial charge is 0.255 e. The molecule has 10 heteroatoms. The fourth-order valence-corrected chi connectivity index (χ4v) is 5.45. The molecule has 0 saturated carbocycles. The number of rotatable bonds is 10. The molecule has 7 nitrogen and oxygen atoms in total. The van der Waals surface area contributed by atoms with Crippen molar-refractivity contribution in [3.63, 3.8) is 0 Å². The van der Waals surface area contributed by atoms with Gasteiger partial charge in [-0.25, -0.2) is 8.42 Å². The molecule has 0 atom stereocenters. The van der Waals surface area contributed by atoms with Crippen LogP contribution in [-0.2, 0) is 16.6 Å². The quantitative estimate of drug-likeness (QED) is 0.206. The summed E-state index contributed by atoms with van der Waals surface area (Å²) in [6, 6.07) is 24.0. The van der Waals surface area contributed by atoms with Crippen LogP contribution in [-0.4, -0.2) is 38.1 Å². The Morgan fingerprint density at radius 3 is 2.20 bits per heavy atom. The minimum absolute atomic E-state index is 0.0555. The van der Waals surface area contributed by atoms with E-state index in [0.29, 0.717) is 39.2 Å². The monoisotopic (exact) mass is 596 g/mol. The average molecular weight is 598 g/mol. The summed E-state index contributed by atoms with van der Waals surface area (Å²) < 4.78 is 33.2. The predicted molar refractivity (Wildman–Crippen MR) is 157 cm³/mol. The maximum atomic E-state index is 13.3. The number of hydrogen-bond donors (Lipinski definition) is 1. The van der Waals surface area contributed by atoms with Gasteiger partial charge in [0.1, 0.15) is 5.75 Å². The first-order valence-electron chi connectivity index (χ1n) is 12.3. The first-order chi connectivity index (χ1) is 19.1. The molecule has 0 aliphatic rings. The number of carbonyl (C=O) groups excluding carboxylic acids is 2. The maximum Gasteiger partial charge on any atom is 0.255 e. The molecule has 0 heterocycles. The zero-order valence-electron chi connectivity index (χ0n) is 21.7. The van der Waals surface area contributed by atoms with Gasteiger partial charge in [0.05, 0.1) is 17.2 Å². The van der Waals surface area contributed by atoms with Crippen LogP contribution >= 0.6 is 23.2 Å². The van der Waals surface area contributed by atoms with Gasteiger partial charge < -0.3 is 10.1 Å². The molecule has 0 fully saturated rings. The Morgan fingerprint density at radius 1 is 0.850 bits per heavy atom. The van der Waals surface area contributed by atoms with Crippen molar-refractivity contribution in [2.75, 3.05) is 19.0 Å². The number of ether oxygens (including phenoxy) is 1. The summed E-state index contributed by atoms with van der Waals surface area (Å²) in [5.41, 5.74) is 1.73. The van der Waals surface area contributed by atoms with Crippen LogP contribution in [0.3, 0.4) is 0 Å². The summed E-state index contributed by atoms with van der Waals surface area (Å²) in [5, 5.41) is 3.57. The van der Waals surface area contributed by atoms with Crippen molar-refractivity contribution in [3.8, 4) is 5.75 Å². The van der Waals surface area contributed by atoms with Crippen LogP contribution in [0, 0.1) is 0 Å². The molecule has 206 valence electrons. The first-order valence-corrected chi connectivity index (χ1v) is 14.5. The van der Waals surface area contributed by atoms with Crippen LogP contribution in [0.5, 0.6) is 5.75 Å². The maximum absolute atomic E-state index is 13.3. The van der Waals surface area contributed by atoms with Crippen molar-refractivity contribution < 1.29 is 22.7 Å². The van der Waals surface area contributed by atoms with E-state index in [1.807, 2.05) is 6.92 Å². The molecule has 4 rings (SSSR count). The number of anilines is 1. The van der Waals surface area contributed by atoms with E-state index < -0.39 is 15.9 Å². The zero-order chi connectivity index (χ0) is 28.9. The van der Waals surface area contributed by atoms with Gasteiger partial charge in [-0.05, 0) is 67.6 Å². The lowest BCUT2D eigenvalue weighted by Gasteiger charge is -2.20. The lowest BCUT2D eigenvalue weighted by Crippen LogP contribution is -2.27. The largest absolute Gasteiger partial charge is 0.494 e. The van der Waals surface area contributed by atoms with E-state index in [9.17, 15) is 18.0 Å². The second-order valence-electron chi connectivity index (χ2n) is 8.81. The van der Waals surface area contributed by atoms with Crippen LogP contribution in [0.25, 0.3) is 0 Å². The molecule has 1 amide bonds. The summed E-state index contributed by atoms with van der Waals surface area (Å²) in [6.07, 6.45) is 0. The third kappa shape index (κ3) is 6.71. The van der Waals surface area contributed by atoms with Crippen molar-refractivity contribution in [3.05, 3.63) is 123 Å². The van der Waals surface area contributed by atoms with Gasteiger partial charge in [-0.15, -0.1) is 0 Å². The highest BCUT2D eigenvalue weighted by Crippen LogP contribution is 2.28. The number of ketones is 1. The Bertz CT molecular complexity index is 1640. The van der Waals surface area contributed by atoms with Gasteiger partial charge in [-0.1, -0.05) is 53.5 Å². The third-order valence-corrected chi connectivity index (χ3v) is 8.35. The van der Waals surface area contributed by atoms with Gasteiger partial charge in [0.25, 0.3) is 5.91 Å². The minimum atomic E-state index is -3.84. The number of amides is 1. The third-order valence-electron chi connectivity index (χ3n) is 6.05. The lowest BCUT2D eigenvalue weighted by atomic mass is 10.0. The number of halogens is 2. The fraction of sp³-hybridized carbons (Fsp3) is 0.133. The number of nitrogens with zero attached hydrogens (tertiary/aromatic N) is 1. The highest BCUT2D eigenvalue weighted by atomic mass is 35.5. The molecule has 1 N–H and O–H groups in total. The Morgan fingerprint density at radius 2 is 1.52 bits per heavy atom. The topological polar surface area (TPSA) is 92.8 Å². The van der Waals surface area contributed by atoms with E-state index in [1.54, 1.807) is 60.7 Å². The van der Waals surface area contributed by atoms with E-state index in [4.69, 9.17) is 27.9 Å². The average Bonchev–Trinajstić information content (AvgIpc) is 2.95. The van der Waals surface area contributed by atoms with Crippen LogP contribution in [0.2, 0.25) is 10.0 Å². The number of benzene rings is 4. The summed E-state index contributed by atoms with van der Waals surface area (Å²) in [7, 11) is -2.40. The number of nitrogens with one attached hydrogen (secondary N) is 1. The van der Waals surface area contributed by atoms with Crippen molar-refractivity contribution in [1.82, 2.24) is 4.31 Å². The molecule has 0 bridgehead atoms. The van der Waals surface area contributed by atoms with E-state index in [2.05, 4.69) is 5.32 Å². The van der Waals surface area contributed by atoms with Crippen molar-refractivity contribution in [2.45, 2.75) is 18.4 Å². The summed E-state index contributed by atoms with van der Waals surface area (Å²) in [5.74, 6) is -0.333. The molecule has 4 aromatic rings. The molecule has 0 radical (unpaired) electrons. The number of carbonyl (C=O) groups is 2. The number of hydrogen-bond acceptors (Lipinski definition) is 5. The number of sulfonamides is 1. The van der Waals surface area contributed by atoms with E-state index in [-0.39, 0.29) is 28.4 Å². The molecule has 40 heavy (non-hydrogen) atoms. The predicted octanol–water partition coefficient (Wildman–Crippen LogP) is 6.70. The molecule has 0 aromatic heterocycles. The van der Waals surface area contributed by atoms with Crippen molar-refractivity contribution in [2.24, 2.45) is 0 Å². The van der Waals surface area contributed by atoms with Gasteiger partial charge in [-0.2, -0.15) is 4.31 Å². The first kappa shape index (κ1) is 29.3. The highest BCUT2D eigenvalue weighted by molar-refractivity contribution is 7.89. The molecular weight excluding hydrogens is 571 g/mol. The fourth-order valence-electron chi connectivity index (χ4n) is 4.00. The van der Waals surface area contributed by atoms with E-state index in [0.717, 1.165) is 0 Å². The van der Waals surface area contributed by atoms with Crippen LogP contribution in [0.1, 0.15) is 38.8 Å². The molecule has 0 spiro atoms. The molecule has 0 saturated heterocycles. The van der Waals surface area contributed by atoms with E-state index in [1.165, 1.54) is 41.7 Å². The Labute approximate surface area is 243 Å². The second-order valence-corrected chi connectivity index (χ2v) is 11.7. The van der Waals surface area contributed by atoms with Crippen molar-refractivity contribution in [1.29, 1.82) is 0 Å². The zero-order valence-corrected chi connectivity index (χ0v) is 24.1. The molecule has 0 unspecified atom stereocenters. The van der Waals surface area contributed by atoms with Gasteiger partial charge >= 0.3 is 0 Å². The van der Waals surface area contributed by atoms with E-state index >= 15 is 0 Å². The summed E-state index contributed by atoms with van der Waals surface area (Å²) in [6.45, 7) is 2.10. The highest BCUT2D eigenvalue weighted by Gasteiger charge is 2.23. The molecule has 4 aromatic carbocycles. The van der Waals surface area contributed by atoms with Crippen LogP contribution in [0.15, 0.2) is 95.9 Å². The lowest BCUT2D eigenvalue weighted by molar-refractivity contribution is 0.102. The standard InChI is InChI=1S/C30H26Cl2N2O5S/c1-3-39-28-16-9-21(17-22(28)19-34(2)40(37,38)25-13-10-23(31)11-14-25)30(36)33-27-15-12-24(32)18-26(27)29(35)20-7-5-4-6-8-20/h4-18H,3,19H2,1-2H3,(H,33,36). The molecule has 0 aliphatic heterocycles.